The summed E-state index contributed by atoms with van der Waals surface area (Å²) < 4.78 is 15.2. The maximum Gasteiger partial charge on any atom is 0.307 e. The Bertz CT molecular complexity index is 473. The van der Waals surface area contributed by atoms with Crippen molar-refractivity contribution in [2.75, 3.05) is 27.9 Å². The van der Waals surface area contributed by atoms with Crippen LogP contribution in [0, 0.1) is 0 Å². The Balaban J connectivity index is 2.81. The van der Waals surface area contributed by atoms with E-state index in [2.05, 4.69) is 11.9 Å². The van der Waals surface area contributed by atoms with Crippen LogP contribution < -0.4 is 14.8 Å². The van der Waals surface area contributed by atoms with Crippen molar-refractivity contribution in [1.82, 2.24) is 5.32 Å². The normalized spacial score (nSPS) is 11.6. The van der Waals surface area contributed by atoms with Crippen LogP contribution in [-0.2, 0) is 16.0 Å². The molecule has 0 aliphatic heterocycles. The molecule has 0 radical (unpaired) electrons. The lowest BCUT2D eigenvalue weighted by Crippen LogP contribution is -2.33. The van der Waals surface area contributed by atoms with Crippen LogP contribution in [0.25, 0.3) is 0 Å². The first-order chi connectivity index (χ1) is 10.1. The maximum atomic E-state index is 11.5. The zero-order valence-corrected chi connectivity index (χ0v) is 12.8. The standard InChI is InChI=1S/C16H23NO4/c1-5-8-17-13(11-16(18)21-4)9-12-6-7-14(19-2)15(10-12)20-3/h5-7,10,13,17H,1,8-9,11H2,2-4H3. The van der Waals surface area contributed by atoms with Gasteiger partial charge >= 0.3 is 5.97 Å². The summed E-state index contributed by atoms with van der Waals surface area (Å²) in [5.41, 5.74) is 1.05. The van der Waals surface area contributed by atoms with E-state index in [-0.39, 0.29) is 12.0 Å². The number of hydrogen-bond donors (Lipinski definition) is 1. The summed E-state index contributed by atoms with van der Waals surface area (Å²) in [6, 6.07) is 5.71. The molecule has 0 bridgehead atoms. The highest BCUT2D eigenvalue weighted by Gasteiger charge is 2.15. The van der Waals surface area contributed by atoms with Crippen LogP contribution in [0.2, 0.25) is 0 Å². The van der Waals surface area contributed by atoms with E-state index >= 15 is 0 Å². The number of benzene rings is 1. The topological polar surface area (TPSA) is 56.8 Å². The highest BCUT2D eigenvalue weighted by atomic mass is 16.5. The van der Waals surface area contributed by atoms with Crippen LogP contribution in [0.1, 0.15) is 12.0 Å². The first-order valence-electron chi connectivity index (χ1n) is 6.76. The number of ether oxygens (including phenoxy) is 3. The van der Waals surface area contributed by atoms with Gasteiger partial charge in [0.25, 0.3) is 0 Å². The number of hydrogen-bond acceptors (Lipinski definition) is 5. The van der Waals surface area contributed by atoms with Crippen LogP contribution in [0.5, 0.6) is 11.5 Å². The monoisotopic (exact) mass is 293 g/mol. The van der Waals surface area contributed by atoms with Gasteiger partial charge in [0.2, 0.25) is 0 Å². The summed E-state index contributed by atoms with van der Waals surface area (Å²) >= 11 is 0. The SMILES string of the molecule is C=CCNC(CC(=O)OC)Cc1ccc(OC)c(OC)c1. The Labute approximate surface area is 125 Å². The zero-order chi connectivity index (χ0) is 15.7. The number of methoxy groups -OCH3 is 3. The molecular formula is C16H23NO4. The van der Waals surface area contributed by atoms with E-state index in [4.69, 9.17) is 14.2 Å². The van der Waals surface area contributed by atoms with E-state index in [0.717, 1.165) is 5.56 Å². The van der Waals surface area contributed by atoms with Crippen molar-refractivity contribution in [3.05, 3.63) is 36.4 Å². The molecule has 1 N–H and O–H groups in total. The van der Waals surface area contributed by atoms with Gasteiger partial charge in [-0.3, -0.25) is 4.79 Å². The quantitative estimate of drug-likeness (QED) is 0.557. The smallest absolute Gasteiger partial charge is 0.307 e. The second kappa shape index (κ2) is 9.02. The summed E-state index contributed by atoms with van der Waals surface area (Å²) in [6.45, 7) is 4.31. The third-order valence-electron chi connectivity index (χ3n) is 3.12. The van der Waals surface area contributed by atoms with Gasteiger partial charge in [0.15, 0.2) is 11.5 Å². The van der Waals surface area contributed by atoms with Gasteiger partial charge in [-0.25, -0.2) is 0 Å². The second-order valence-electron chi connectivity index (χ2n) is 4.57. The van der Waals surface area contributed by atoms with Gasteiger partial charge in [-0.05, 0) is 24.1 Å². The lowest BCUT2D eigenvalue weighted by Gasteiger charge is -2.18. The third-order valence-corrected chi connectivity index (χ3v) is 3.12. The number of rotatable bonds is 9. The van der Waals surface area contributed by atoms with E-state index in [0.29, 0.717) is 30.9 Å². The molecule has 116 valence electrons. The maximum absolute atomic E-state index is 11.5. The fourth-order valence-corrected chi connectivity index (χ4v) is 2.04. The van der Waals surface area contributed by atoms with Gasteiger partial charge in [0.05, 0.1) is 27.8 Å². The molecule has 1 rings (SSSR count). The van der Waals surface area contributed by atoms with Gasteiger partial charge in [-0.15, -0.1) is 6.58 Å². The molecule has 1 unspecified atom stereocenters. The van der Waals surface area contributed by atoms with E-state index < -0.39 is 0 Å². The van der Waals surface area contributed by atoms with E-state index in [9.17, 15) is 4.79 Å². The zero-order valence-electron chi connectivity index (χ0n) is 12.8. The molecule has 0 fully saturated rings. The van der Waals surface area contributed by atoms with Crippen LogP contribution in [0.3, 0.4) is 0 Å². The summed E-state index contributed by atoms with van der Waals surface area (Å²) in [6.07, 6.45) is 2.75. The highest BCUT2D eigenvalue weighted by Crippen LogP contribution is 2.28. The first kappa shape index (κ1) is 17.0. The highest BCUT2D eigenvalue weighted by molar-refractivity contribution is 5.70. The van der Waals surface area contributed by atoms with Crippen molar-refractivity contribution in [3.63, 3.8) is 0 Å². The van der Waals surface area contributed by atoms with Crippen molar-refractivity contribution >= 4 is 5.97 Å². The number of carbonyl (C=O) groups excluding carboxylic acids is 1. The second-order valence-corrected chi connectivity index (χ2v) is 4.57. The molecule has 1 atom stereocenters. The van der Waals surface area contributed by atoms with Crippen LogP contribution in [-0.4, -0.2) is 39.9 Å². The van der Waals surface area contributed by atoms with Crippen molar-refractivity contribution in [2.45, 2.75) is 18.9 Å². The lowest BCUT2D eigenvalue weighted by molar-refractivity contribution is -0.141. The largest absolute Gasteiger partial charge is 0.493 e. The summed E-state index contributed by atoms with van der Waals surface area (Å²) in [7, 11) is 4.59. The molecule has 1 aromatic rings. The first-order valence-corrected chi connectivity index (χ1v) is 6.76. The van der Waals surface area contributed by atoms with Gasteiger partial charge in [0, 0.05) is 12.6 Å². The van der Waals surface area contributed by atoms with E-state index in [1.807, 2.05) is 18.2 Å². The average molecular weight is 293 g/mol. The van der Waals surface area contributed by atoms with Crippen molar-refractivity contribution in [2.24, 2.45) is 0 Å². The minimum absolute atomic E-state index is 0.0199. The number of carbonyl (C=O) groups is 1. The van der Waals surface area contributed by atoms with E-state index in [1.165, 1.54) is 7.11 Å². The van der Waals surface area contributed by atoms with Crippen molar-refractivity contribution < 1.29 is 19.0 Å². The summed E-state index contributed by atoms with van der Waals surface area (Å²) in [4.78, 5) is 11.5. The fraction of sp³-hybridized carbons (Fsp3) is 0.438. The van der Waals surface area contributed by atoms with E-state index in [1.54, 1.807) is 20.3 Å². The van der Waals surface area contributed by atoms with Crippen molar-refractivity contribution in [1.29, 1.82) is 0 Å². The third kappa shape index (κ3) is 5.47. The fourth-order valence-electron chi connectivity index (χ4n) is 2.04. The molecule has 0 heterocycles. The Hall–Kier alpha value is -2.01. The molecule has 0 amide bonds. The lowest BCUT2D eigenvalue weighted by atomic mass is 10.0. The Morgan fingerprint density at radius 2 is 2.00 bits per heavy atom. The Morgan fingerprint density at radius 3 is 2.57 bits per heavy atom. The van der Waals surface area contributed by atoms with Crippen LogP contribution in [0.4, 0.5) is 0 Å². The molecular weight excluding hydrogens is 270 g/mol. The Kier molecular flexibility index (Phi) is 7.32. The number of nitrogens with one attached hydrogen (secondary N) is 1. The average Bonchev–Trinajstić information content (AvgIpc) is 2.52. The molecule has 1 aromatic carbocycles. The predicted molar refractivity (Wildman–Crippen MR) is 81.9 cm³/mol. The van der Waals surface area contributed by atoms with Crippen molar-refractivity contribution in [3.8, 4) is 11.5 Å². The molecule has 0 saturated carbocycles. The van der Waals surface area contributed by atoms with Gasteiger partial charge in [-0.2, -0.15) is 0 Å². The van der Waals surface area contributed by atoms with Gasteiger partial charge in [-0.1, -0.05) is 12.1 Å². The Morgan fingerprint density at radius 1 is 1.29 bits per heavy atom. The molecule has 5 nitrogen and oxygen atoms in total. The predicted octanol–water partition coefficient (Wildman–Crippen LogP) is 1.95. The molecule has 0 aromatic heterocycles. The van der Waals surface area contributed by atoms with Crippen LogP contribution >= 0.6 is 0 Å². The van der Waals surface area contributed by atoms with Gasteiger partial charge in [0.1, 0.15) is 0 Å². The minimum Gasteiger partial charge on any atom is -0.493 e. The molecule has 5 heteroatoms. The number of esters is 1. The summed E-state index contributed by atoms with van der Waals surface area (Å²) in [5.74, 6) is 1.12. The van der Waals surface area contributed by atoms with Gasteiger partial charge < -0.3 is 19.5 Å². The molecule has 0 aliphatic rings. The molecule has 21 heavy (non-hydrogen) atoms. The van der Waals surface area contributed by atoms with Crippen LogP contribution in [0.15, 0.2) is 30.9 Å². The molecule has 0 spiro atoms. The minimum atomic E-state index is -0.239. The molecule has 0 aliphatic carbocycles. The molecule has 0 saturated heterocycles. The summed E-state index contributed by atoms with van der Waals surface area (Å²) in [5, 5.41) is 3.26.